The molecular formula is C15H20BrClN2O. The zero-order valence-electron chi connectivity index (χ0n) is 12.1. The highest BCUT2D eigenvalue weighted by molar-refractivity contribution is 9.10. The third-order valence-electron chi connectivity index (χ3n) is 4.21. The Balaban J connectivity index is 2.11. The Morgan fingerprint density at radius 3 is 2.65 bits per heavy atom. The third-order valence-corrected chi connectivity index (χ3v) is 4.95. The third kappa shape index (κ3) is 3.53. The van der Waals surface area contributed by atoms with E-state index < -0.39 is 0 Å². The predicted octanol–water partition coefficient (Wildman–Crippen LogP) is 4.54. The largest absolute Gasteiger partial charge is 0.339 e. The molecule has 1 aromatic rings. The van der Waals surface area contributed by atoms with E-state index in [0.717, 1.165) is 30.2 Å². The van der Waals surface area contributed by atoms with Crippen LogP contribution in [0.2, 0.25) is 5.15 Å². The number of hydrogen-bond acceptors (Lipinski definition) is 2. The molecule has 1 heterocycles. The summed E-state index contributed by atoms with van der Waals surface area (Å²) < 4.78 is 0.767. The quantitative estimate of drug-likeness (QED) is 0.726. The summed E-state index contributed by atoms with van der Waals surface area (Å²) in [5.74, 6) is -0.0477. The van der Waals surface area contributed by atoms with Crippen LogP contribution in [0.5, 0.6) is 0 Å². The van der Waals surface area contributed by atoms with Gasteiger partial charge in [0.05, 0.1) is 5.56 Å². The molecule has 1 fully saturated rings. The Labute approximate surface area is 133 Å². The molecule has 0 atom stereocenters. The van der Waals surface area contributed by atoms with Crippen LogP contribution in [0.25, 0.3) is 0 Å². The first-order chi connectivity index (χ1) is 9.30. The Kier molecular flexibility index (Phi) is 4.75. The van der Waals surface area contributed by atoms with E-state index in [-0.39, 0.29) is 11.1 Å². The molecule has 0 N–H and O–H groups in total. The van der Waals surface area contributed by atoms with Gasteiger partial charge in [0.2, 0.25) is 0 Å². The number of pyridine rings is 1. The van der Waals surface area contributed by atoms with Crippen LogP contribution in [0.4, 0.5) is 0 Å². The first kappa shape index (κ1) is 15.8. The molecule has 0 aromatic carbocycles. The molecule has 0 saturated heterocycles. The highest BCUT2D eigenvalue weighted by Crippen LogP contribution is 2.37. The van der Waals surface area contributed by atoms with Gasteiger partial charge in [0.1, 0.15) is 5.15 Å². The summed E-state index contributed by atoms with van der Waals surface area (Å²) in [5.41, 5.74) is 0.864. The van der Waals surface area contributed by atoms with Crippen LogP contribution in [0.1, 0.15) is 49.9 Å². The van der Waals surface area contributed by atoms with Gasteiger partial charge in [0.15, 0.2) is 0 Å². The van der Waals surface area contributed by atoms with Crippen molar-refractivity contribution in [3.8, 4) is 0 Å². The van der Waals surface area contributed by atoms with Crippen LogP contribution >= 0.6 is 27.5 Å². The number of aromatic nitrogens is 1. The van der Waals surface area contributed by atoms with Crippen LogP contribution in [0, 0.1) is 5.41 Å². The van der Waals surface area contributed by atoms with Gasteiger partial charge in [-0.15, -0.1) is 0 Å². The second-order valence-corrected chi connectivity index (χ2v) is 7.58. The number of carbonyl (C=O) groups excluding carboxylic acids is 1. The van der Waals surface area contributed by atoms with Gasteiger partial charge < -0.3 is 4.90 Å². The fraction of sp³-hybridized carbons (Fsp3) is 0.600. The number of hydrogen-bond donors (Lipinski definition) is 0. The van der Waals surface area contributed by atoms with Gasteiger partial charge in [-0.2, -0.15) is 0 Å². The number of amides is 1. The molecule has 0 radical (unpaired) electrons. The molecule has 1 aliphatic rings. The summed E-state index contributed by atoms with van der Waals surface area (Å²) in [5, 5.41) is 0.265. The van der Waals surface area contributed by atoms with Crippen molar-refractivity contribution in [3.63, 3.8) is 0 Å². The maximum absolute atomic E-state index is 12.6. The van der Waals surface area contributed by atoms with Crippen LogP contribution in [0.3, 0.4) is 0 Å². The van der Waals surface area contributed by atoms with Crippen molar-refractivity contribution in [2.45, 2.75) is 45.6 Å². The molecule has 110 valence electrons. The summed E-state index contributed by atoms with van der Waals surface area (Å²) in [6.45, 7) is 4.58. The maximum Gasteiger partial charge on any atom is 0.257 e. The molecule has 20 heavy (non-hydrogen) atoms. The summed E-state index contributed by atoms with van der Waals surface area (Å²) in [6.07, 6.45) is 6.00. The molecule has 0 aliphatic heterocycles. The van der Waals surface area contributed by atoms with Gasteiger partial charge in [-0.1, -0.05) is 25.4 Å². The van der Waals surface area contributed by atoms with Crippen LogP contribution < -0.4 is 0 Å². The molecule has 3 nitrogen and oxygen atoms in total. The van der Waals surface area contributed by atoms with Crippen LogP contribution in [-0.4, -0.2) is 28.9 Å². The first-order valence-corrected chi connectivity index (χ1v) is 8.05. The van der Waals surface area contributed by atoms with Crippen LogP contribution in [-0.2, 0) is 0 Å². The Hall–Kier alpha value is -0.610. The Morgan fingerprint density at radius 2 is 2.05 bits per heavy atom. The lowest BCUT2D eigenvalue weighted by Crippen LogP contribution is -2.41. The second kappa shape index (κ2) is 6.02. The van der Waals surface area contributed by atoms with Gasteiger partial charge in [0, 0.05) is 23.8 Å². The molecule has 2 rings (SSSR count). The maximum atomic E-state index is 12.6. The molecule has 0 bridgehead atoms. The van der Waals surface area contributed by atoms with E-state index in [2.05, 4.69) is 34.8 Å². The summed E-state index contributed by atoms with van der Waals surface area (Å²) in [7, 11) is 1.86. The fourth-order valence-electron chi connectivity index (χ4n) is 2.70. The summed E-state index contributed by atoms with van der Waals surface area (Å²) in [6, 6.07) is 2.03. The minimum absolute atomic E-state index is 0.0477. The number of rotatable bonds is 2. The average molecular weight is 360 g/mol. The van der Waals surface area contributed by atoms with Crippen molar-refractivity contribution in [1.29, 1.82) is 0 Å². The zero-order chi connectivity index (χ0) is 14.9. The number of carbonyl (C=O) groups is 1. The van der Waals surface area contributed by atoms with Gasteiger partial charge in [-0.3, -0.25) is 4.79 Å². The molecule has 1 saturated carbocycles. The molecule has 1 amide bonds. The average Bonchev–Trinajstić information content (AvgIpc) is 2.40. The predicted molar refractivity (Wildman–Crippen MR) is 85.1 cm³/mol. The van der Waals surface area contributed by atoms with Gasteiger partial charge in [0.25, 0.3) is 5.91 Å². The molecule has 1 aliphatic carbocycles. The molecule has 1 aromatic heterocycles. The smallest absolute Gasteiger partial charge is 0.257 e. The van der Waals surface area contributed by atoms with Crippen molar-refractivity contribution in [3.05, 3.63) is 27.5 Å². The van der Waals surface area contributed by atoms with E-state index in [4.69, 9.17) is 11.6 Å². The zero-order valence-corrected chi connectivity index (χ0v) is 14.5. The number of halogens is 2. The van der Waals surface area contributed by atoms with Crippen LogP contribution in [0.15, 0.2) is 16.7 Å². The summed E-state index contributed by atoms with van der Waals surface area (Å²) in [4.78, 5) is 18.4. The molecule has 0 unspecified atom stereocenters. The van der Waals surface area contributed by atoms with E-state index in [1.807, 2.05) is 11.9 Å². The topological polar surface area (TPSA) is 33.2 Å². The van der Waals surface area contributed by atoms with Crippen molar-refractivity contribution in [2.75, 3.05) is 7.05 Å². The standard InChI is InChI=1S/C15H20BrClN2O/c1-15(2)6-4-11(5-7-15)19(3)14(20)12-8-10(16)9-18-13(12)17/h8-9,11H,4-7H2,1-3H3. The van der Waals surface area contributed by atoms with E-state index in [1.165, 1.54) is 0 Å². The lowest BCUT2D eigenvalue weighted by Gasteiger charge is -2.38. The lowest BCUT2D eigenvalue weighted by molar-refractivity contribution is 0.0635. The lowest BCUT2D eigenvalue weighted by atomic mass is 9.75. The number of nitrogens with zero attached hydrogens (tertiary/aromatic N) is 2. The van der Waals surface area contributed by atoms with Gasteiger partial charge >= 0.3 is 0 Å². The monoisotopic (exact) mass is 358 g/mol. The van der Waals surface area contributed by atoms with E-state index in [9.17, 15) is 4.79 Å². The van der Waals surface area contributed by atoms with Crippen molar-refractivity contribution >= 4 is 33.4 Å². The molecular weight excluding hydrogens is 340 g/mol. The van der Waals surface area contributed by atoms with Gasteiger partial charge in [-0.05, 0) is 53.1 Å². The first-order valence-electron chi connectivity index (χ1n) is 6.88. The Bertz CT molecular complexity index is 509. The van der Waals surface area contributed by atoms with Crippen molar-refractivity contribution in [2.24, 2.45) is 5.41 Å². The van der Waals surface area contributed by atoms with E-state index in [1.54, 1.807) is 12.3 Å². The van der Waals surface area contributed by atoms with Gasteiger partial charge in [-0.25, -0.2) is 4.98 Å². The van der Waals surface area contributed by atoms with Crippen molar-refractivity contribution in [1.82, 2.24) is 9.88 Å². The highest BCUT2D eigenvalue weighted by Gasteiger charge is 2.31. The van der Waals surface area contributed by atoms with E-state index >= 15 is 0 Å². The van der Waals surface area contributed by atoms with E-state index in [0.29, 0.717) is 17.0 Å². The minimum Gasteiger partial charge on any atom is -0.339 e. The minimum atomic E-state index is -0.0477. The highest BCUT2D eigenvalue weighted by atomic mass is 79.9. The molecule has 0 spiro atoms. The normalized spacial score (nSPS) is 18.9. The Morgan fingerprint density at radius 1 is 1.45 bits per heavy atom. The fourth-order valence-corrected chi connectivity index (χ4v) is 3.22. The molecule has 5 heteroatoms. The SMILES string of the molecule is CN(C(=O)c1cc(Br)cnc1Cl)C1CCC(C)(C)CC1. The van der Waals surface area contributed by atoms with Crippen molar-refractivity contribution < 1.29 is 4.79 Å². The summed E-state index contributed by atoms with van der Waals surface area (Å²) >= 11 is 9.37. The second-order valence-electron chi connectivity index (χ2n) is 6.30.